The number of carbonyl (C=O) groups excluding carboxylic acids is 2. The SMILES string of the molecule is O=C(NC(C(=O)N1CCN(c2ccc(Cl)cn2)CC1)c1ccccc1)c1ccccc1. The summed E-state index contributed by atoms with van der Waals surface area (Å²) in [5, 5.41) is 3.52. The van der Waals surface area contributed by atoms with E-state index in [1.807, 2.05) is 48.5 Å². The molecule has 1 aliphatic heterocycles. The van der Waals surface area contributed by atoms with Crippen LogP contribution in [0.5, 0.6) is 0 Å². The molecule has 7 heteroatoms. The van der Waals surface area contributed by atoms with Crippen molar-refractivity contribution in [2.24, 2.45) is 0 Å². The van der Waals surface area contributed by atoms with Crippen LogP contribution in [0.25, 0.3) is 0 Å². The van der Waals surface area contributed by atoms with Gasteiger partial charge < -0.3 is 15.1 Å². The van der Waals surface area contributed by atoms with E-state index in [1.165, 1.54) is 0 Å². The summed E-state index contributed by atoms with van der Waals surface area (Å²) in [5.41, 5.74) is 1.29. The van der Waals surface area contributed by atoms with Gasteiger partial charge in [-0.1, -0.05) is 60.1 Å². The molecule has 0 radical (unpaired) electrons. The van der Waals surface area contributed by atoms with E-state index in [2.05, 4.69) is 15.2 Å². The highest BCUT2D eigenvalue weighted by molar-refractivity contribution is 6.30. The first-order valence-corrected chi connectivity index (χ1v) is 10.6. The lowest BCUT2D eigenvalue weighted by Gasteiger charge is -2.37. The van der Waals surface area contributed by atoms with Gasteiger partial charge in [0, 0.05) is 37.9 Å². The number of rotatable bonds is 5. The van der Waals surface area contributed by atoms with Crippen molar-refractivity contribution in [3.8, 4) is 0 Å². The van der Waals surface area contributed by atoms with E-state index in [0.29, 0.717) is 36.8 Å². The lowest BCUT2D eigenvalue weighted by atomic mass is 10.0. The lowest BCUT2D eigenvalue weighted by Crippen LogP contribution is -2.52. The van der Waals surface area contributed by atoms with E-state index < -0.39 is 6.04 Å². The standard InChI is InChI=1S/C24H23ClN4O2/c25-20-11-12-21(26-17-20)28-13-15-29(16-14-28)24(31)22(18-7-3-1-4-8-18)27-23(30)19-9-5-2-6-10-19/h1-12,17,22H,13-16H2,(H,27,30). The van der Waals surface area contributed by atoms with Gasteiger partial charge in [0.05, 0.1) is 5.02 Å². The van der Waals surface area contributed by atoms with Crippen molar-refractivity contribution in [2.45, 2.75) is 6.04 Å². The van der Waals surface area contributed by atoms with Crippen molar-refractivity contribution >= 4 is 29.2 Å². The highest BCUT2D eigenvalue weighted by atomic mass is 35.5. The molecule has 1 N–H and O–H groups in total. The van der Waals surface area contributed by atoms with Crippen LogP contribution >= 0.6 is 11.6 Å². The number of nitrogens with one attached hydrogen (secondary N) is 1. The van der Waals surface area contributed by atoms with Gasteiger partial charge in [-0.05, 0) is 29.8 Å². The Labute approximate surface area is 186 Å². The first kappa shape index (κ1) is 20.9. The molecule has 0 bridgehead atoms. The Morgan fingerprint density at radius 1 is 0.871 bits per heavy atom. The number of aromatic nitrogens is 1. The van der Waals surface area contributed by atoms with Gasteiger partial charge in [-0.15, -0.1) is 0 Å². The minimum Gasteiger partial charge on any atom is -0.353 e. The topological polar surface area (TPSA) is 65.5 Å². The predicted octanol–water partition coefficient (Wildman–Crippen LogP) is 3.55. The van der Waals surface area contributed by atoms with Crippen LogP contribution in [0, 0.1) is 0 Å². The van der Waals surface area contributed by atoms with Gasteiger partial charge in [-0.3, -0.25) is 9.59 Å². The average molecular weight is 435 g/mol. The van der Waals surface area contributed by atoms with E-state index in [-0.39, 0.29) is 11.8 Å². The number of hydrogen-bond donors (Lipinski definition) is 1. The molecule has 1 atom stereocenters. The van der Waals surface area contributed by atoms with Gasteiger partial charge in [-0.2, -0.15) is 0 Å². The fourth-order valence-corrected chi connectivity index (χ4v) is 3.74. The van der Waals surface area contributed by atoms with Gasteiger partial charge in [0.2, 0.25) is 5.91 Å². The van der Waals surface area contributed by atoms with Crippen LogP contribution in [0.3, 0.4) is 0 Å². The first-order chi connectivity index (χ1) is 15.1. The van der Waals surface area contributed by atoms with Crippen molar-refractivity contribution in [1.29, 1.82) is 0 Å². The van der Waals surface area contributed by atoms with Crippen LogP contribution in [-0.4, -0.2) is 47.9 Å². The largest absolute Gasteiger partial charge is 0.353 e. The van der Waals surface area contributed by atoms with Crippen LogP contribution in [0.4, 0.5) is 5.82 Å². The Kier molecular flexibility index (Phi) is 6.48. The van der Waals surface area contributed by atoms with E-state index in [9.17, 15) is 9.59 Å². The average Bonchev–Trinajstić information content (AvgIpc) is 2.84. The summed E-state index contributed by atoms with van der Waals surface area (Å²) in [6.07, 6.45) is 1.62. The third-order valence-corrected chi connectivity index (χ3v) is 5.54. The summed E-state index contributed by atoms with van der Waals surface area (Å²) >= 11 is 5.93. The minimum absolute atomic E-state index is 0.112. The molecule has 2 heterocycles. The van der Waals surface area contributed by atoms with Crippen molar-refractivity contribution in [1.82, 2.24) is 15.2 Å². The summed E-state index contributed by atoms with van der Waals surface area (Å²) in [5.74, 6) is 0.458. The Morgan fingerprint density at radius 3 is 2.13 bits per heavy atom. The van der Waals surface area contributed by atoms with Crippen LogP contribution < -0.4 is 10.2 Å². The molecule has 2 aromatic carbocycles. The molecule has 6 nitrogen and oxygen atoms in total. The fraction of sp³-hybridized carbons (Fsp3) is 0.208. The molecule has 3 aromatic rings. The smallest absolute Gasteiger partial charge is 0.252 e. The third kappa shape index (κ3) is 5.03. The highest BCUT2D eigenvalue weighted by Crippen LogP contribution is 2.20. The number of amides is 2. The molecule has 1 unspecified atom stereocenters. The molecule has 31 heavy (non-hydrogen) atoms. The zero-order valence-electron chi connectivity index (χ0n) is 16.9. The van der Waals surface area contributed by atoms with Crippen LogP contribution in [0.1, 0.15) is 22.0 Å². The number of nitrogens with zero attached hydrogens (tertiary/aromatic N) is 3. The van der Waals surface area contributed by atoms with Gasteiger partial charge in [0.25, 0.3) is 5.91 Å². The van der Waals surface area contributed by atoms with E-state index >= 15 is 0 Å². The van der Waals surface area contributed by atoms with E-state index in [4.69, 9.17) is 11.6 Å². The lowest BCUT2D eigenvalue weighted by molar-refractivity contribution is -0.133. The second kappa shape index (κ2) is 9.62. The molecule has 0 spiro atoms. The van der Waals surface area contributed by atoms with Crippen LogP contribution in [-0.2, 0) is 4.79 Å². The van der Waals surface area contributed by atoms with E-state index in [1.54, 1.807) is 35.4 Å². The van der Waals surface area contributed by atoms with Gasteiger partial charge >= 0.3 is 0 Å². The zero-order chi connectivity index (χ0) is 21.6. The van der Waals surface area contributed by atoms with Crippen molar-refractivity contribution in [3.63, 3.8) is 0 Å². The molecule has 1 aliphatic rings. The fourth-order valence-electron chi connectivity index (χ4n) is 3.63. The van der Waals surface area contributed by atoms with Gasteiger partial charge in [0.15, 0.2) is 0 Å². The summed E-state index contributed by atoms with van der Waals surface area (Å²) in [7, 11) is 0. The Morgan fingerprint density at radius 2 is 1.52 bits per heavy atom. The van der Waals surface area contributed by atoms with Crippen LogP contribution in [0.15, 0.2) is 79.0 Å². The van der Waals surface area contributed by atoms with Crippen LogP contribution in [0.2, 0.25) is 5.02 Å². The molecule has 4 rings (SSSR count). The molecular formula is C24H23ClN4O2. The number of anilines is 1. The number of pyridine rings is 1. The highest BCUT2D eigenvalue weighted by Gasteiger charge is 2.30. The molecular weight excluding hydrogens is 412 g/mol. The Bertz CT molecular complexity index is 1020. The van der Waals surface area contributed by atoms with Crippen molar-refractivity contribution in [2.75, 3.05) is 31.1 Å². The number of halogens is 1. The van der Waals surface area contributed by atoms with Gasteiger partial charge in [-0.25, -0.2) is 4.98 Å². The second-order valence-electron chi connectivity index (χ2n) is 7.33. The first-order valence-electron chi connectivity index (χ1n) is 10.2. The maximum Gasteiger partial charge on any atom is 0.252 e. The zero-order valence-corrected chi connectivity index (χ0v) is 17.7. The number of benzene rings is 2. The van der Waals surface area contributed by atoms with Crippen molar-refractivity contribution < 1.29 is 9.59 Å². The third-order valence-electron chi connectivity index (χ3n) is 5.32. The molecule has 1 fully saturated rings. The van der Waals surface area contributed by atoms with Gasteiger partial charge in [0.1, 0.15) is 11.9 Å². The van der Waals surface area contributed by atoms with E-state index in [0.717, 1.165) is 11.4 Å². The number of hydrogen-bond acceptors (Lipinski definition) is 4. The minimum atomic E-state index is -0.742. The molecule has 1 saturated heterocycles. The second-order valence-corrected chi connectivity index (χ2v) is 7.77. The summed E-state index contributed by atoms with van der Waals surface area (Å²) in [6.45, 7) is 2.42. The maximum atomic E-state index is 13.4. The molecule has 0 saturated carbocycles. The molecule has 1 aromatic heterocycles. The number of piperazine rings is 1. The monoisotopic (exact) mass is 434 g/mol. The van der Waals surface area contributed by atoms with Crippen molar-refractivity contribution in [3.05, 3.63) is 95.1 Å². The summed E-state index contributed by atoms with van der Waals surface area (Å²) in [4.78, 5) is 34.5. The Hall–Kier alpha value is -3.38. The number of carbonyl (C=O) groups is 2. The molecule has 158 valence electrons. The molecule has 2 amide bonds. The summed E-state index contributed by atoms with van der Waals surface area (Å²) in [6, 6.07) is 21.2. The Balaban J connectivity index is 1.47. The summed E-state index contributed by atoms with van der Waals surface area (Å²) < 4.78 is 0. The quantitative estimate of drug-likeness (QED) is 0.666. The normalized spacial score (nSPS) is 14.7. The molecule has 0 aliphatic carbocycles. The maximum absolute atomic E-state index is 13.4. The predicted molar refractivity (Wildman–Crippen MR) is 121 cm³/mol.